The number of rotatable bonds is 9. The largest absolute Gasteiger partial charge is 0.353 e. The van der Waals surface area contributed by atoms with E-state index in [9.17, 15) is 18.0 Å². The first-order valence-electron chi connectivity index (χ1n) is 12.7. The lowest BCUT2D eigenvalue weighted by Gasteiger charge is -2.18. The number of benzene rings is 3. The zero-order valence-corrected chi connectivity index (χ0v) is 24.4. The number of anilines is 3. The fraction of sp³-hybridized carbons (Fsp3) is 0.258. The number of aryl methyl sites for hydroxylation is 2. The zero-order chi connectivity index (χ0) is 30.4. The lowest BCUT2D eigenvalue weighted by molar-refractivity contribution is -0.117. The van der Waals surface area contributed by atoms with Crippen LogP contribution in [0.3, 0.4) is 0 Å². The molecule has 0 saturated heterocycles. The Bertz CT molecular complexity index is 1550. The summed E-state index contributed by atoms with van der Waals surface area (Å²) in [6.45, 7) is 13.8. The van der Waals surface area contributed by atoms with Crippen LogP contribution in [0, 0.1) is 37.2 Å². The van der Waals surface area contributed by atoms with E-state index in [4.69, 9.17) is 23.2 Å². The van der Waals surface area contributed by atoms with Gasteiger partial charge in [-0.1, -0.05) is 36.9 Å². The maximum Gasteiger partial charge on any atom is 0.229 e. The predicted octanol–water partition coefficient (Wildman–Crippen LogP) is 9.09. The lowest BCUT2D eigenvalue weighted by atomic mass is 10.0. The summed E-state index contributed by atoms with van der Waals surface area (Å²) in [5, 5.41) is 8.02. The van der Waals surface area contributed by atoms with Crippen molar-refractivity contribution in [2.24, 2.45) is 5.92 Å². The highest BCUT2D eigenvalue weighted by atomic mass is 35.5. The van der Waals surface area contributed by atoms with Gasteiger partial charge in [0.1, 0.15) is 23.5 Å². The summed E-state index contributed by atoms with van der Waals surface area (Å²) >= 11 is 12.7. The summed E-state index contributed by atoms with van der Waals surface area (Å²) in [7, 11) is 0. The highest BCUT2D eigenvalue weighted by Gasteiger charge is 2.65. The van der Waals surface area contributed by atoms with Gasteiger partial charge < -0.3 is 16.0 Å². The van der Waals surface area contributed by atoms with Gasteiger partial charge in [-0.2, -0.15) is 0 Å². The second-order valence-electron chi connectivity index (χ2n) is 10.4. The van der Waals surface area contributed by atoms with Crippen molar-refractivity contribution in [2.75, 3.05) is 16.0 Å². The number of alkyl halides is 2. The Morgan fingerprint density at radius 3 is 2.29 bits per heavy atom. The molecule has 4 nitrogen and oxygen atoms in total. The van der Waals surface area contributed by atoms with Gasteiger partial charge in [-0.15, -0.1) is 11.6 Å². The Hall–Kier alpha value is -3.49. The molecule has 1 aliphatic carbocycles. The highest BCUT2D eigenvalue weighted by molar-refractivity contribution is 6.31. The van der Waals surface area contributed by atoms with Crippen LogP contribution in [0.15, 0.2) is 61.3 Å². The smallest absolute Gasteiger partial charge is 0.229 e. The second-order valence-corrected chi connectivity index (χ2v) is 11.6. The molecule has 41 heavy (non-hydrogen) atoms. The number of carbonyl (C=O) groups is 1. The van der Waals surface area contributed by atoms with E-state index >= 15 is 4.39 Å². The van der Waals surface area contributed by atoms with Crippen LogP contribution in [-0.2, 0) is 4.79 Å². The molecule has 0 aliphatic heterocycles. The number of amides is 1. The summed E-state index contributed by atoms with van der Waals surface area (Å²) in [5.41, 5.74) is 2.25. The minimum absolute atomic E-state index is 0.0323. The van der Waals surface area contributed by atoms with Gasteiger partial charge in [0.05, 0.1) is 21.5 Å². The number of carbonyl (C=O) groups excluding carboxylic acids is 1. The maximum atomic E-state index is 15.1. The van der Waals surface area contributed by atoms with Crippen molar-refractivity contribution in [1.82, 2.24) is 0 Å². The molecular formula is C31H29Cl2F4N3O. The molecule has 3 aromatic rings. The summed E-state index contributed by atoms with van der Waals surface area (Å²) in [5.74, 6) is -3.71. The topological polar surface area (TPSA) is 53.2 Å². The first-order valence-corrected chi connectivity index (χ1v) is 13.5. The van der Waals surface area contributed by atoms with E-state index in [1.54, 1.807) is 38.1 Å². The molecule has 4 rings (SSSR count). The molecule has 1 fully saturated rings. The summed E-state index contributed by atoms with van der Waals surface area (Å²) in [6, 6.07) is 10.5. The Morgan fingerprint density at radius 2 is 1.66 bits per heavy atom. The second kappa shape index (κ2) is 11.4. The van der Waals surface area contributed by atoms with Gasteiger partial charge in [0, 0.05) is 28.6 Å². The summed E-state index contributed by atoms with van der Waals surface area (Å²) in [6.07, 6.45) is -1.53. The average molecular weight is 606 g/mol. The Labute approximate surface area is 246 Å². The lowest BCUT2D eigenvalue weighted by Crippen LogP contribution is -2.18. The van der Waals surface area contributed by atoms with Crippen molar-refractivity contribution in [3.63, 3.8) is 0 Å². The minimum Gasteiger partial charge on any atom is -0.353 e. The molecule has 3 aromatic carbocycles. The minimum atomic E-state index is -1.53. The summed E-state index contributed by atoms with van der Waals surface area (Å²) < 4.78 is 57.0. The highest BCUT2D eigenvalue weighted by Crippen LogP contribution is 2.62. The van der Waals surface area contributed by atoms with Gasteiger partial charge in [-0.25, -0.2) is 17.6 Å². The van der Waals surface area contributed by atoms with Gasteiger partial charge in [0.15, 0.2) is 5.82 Å². The van der Waals surface area contributed by atoms with Crippen molar-refractivity contribution >= 4 is 51.9 Å². The molecule has 1 aliphatic rings. The van der Waals surface area contributed by atoms with Crippen LogP contribution in [0.5, 0.6) is 0 Å². The zero-order valence-electron chi connectivity index (χ0n) is 22.9. The molecular weight excluding hydrogens is 577 g/mol. The van der Waals surface area contributed by atoms with E-state index in [1.807, 2.05) is 6.92 Å². The number of allylic oxidation sites excluding steroid dienone is 1. The van der Waals surface area contributed by atoms with Gasteiger partial charge in [-0.05, 0) is 74.7 Å². The molecule has 10 heteroatoms. The van der Waals surface area contributed by atoms with Crippen LogP contribution in [0.4, 0.5) is 34.6 Å². The van der Waals surface area contributed by atoms with Gasteiger partial charge in [0.25, 0.3) is 0 Å². The van der Waals surface area contributed by atoms with E-state index in [2.05, 4.69) is 29.1 Å². The molecule has 0 heterocycles. The normalized spacial score (nSPS) is 20.2. The molecule has 4 atom stereocenters. The van der Waals surface area contributed by atoms with Crippen molar-refractivity contribution in [1.29, 1.82) is 0 Å². The first-order chi connectivity index (χ1) is 19.1. The Morgan fingerprint density at radius 1 is 0.976 bits per heavy atom. The first kappa shape index (κ1) is 30.5. The third-order valence-electron chi connectivity index (χ3n) is 7.29. The van der Waals surface area contributed by atoms with Gasteiger partial charge in [0.2, 0.25) is 5.91 Å². The molecule has 1 saturated carbocycles. The van der Waals surface area contributed by atoms with Crippen LogP contribution in [0.25, 0.3) is 5.70 Å². The van der Waals surface area contributed by atoms with Crippen molar-refractivity contribution < 1.29 is 22.4 Å². The fourth-order valence-electron chi connectivity index (χ4n) is 4.84. The third kappa shape index (κ3) is 6.09. The van der Waals surface area contributed by atoms with Crippen molar-refractivity contribution in [2.45, 2.75) is 44.7 Å². The molecule has 0 spiro atoms. The molecule has 0 aromatic heterocycles. The predicted molar refractivity (Wildman–Crippen MR) is 159 cm³/mol. The Kier molecular flexibility index (Phi) is 8.48. The van der Waals surface area contributed by atoms with Crippen molar-refractivity contribution in [3.05, 3.63) is 106 Å². The van der Waals surface area contributed by atoms with E-state index in [0.717, 1.165) is 11.6 Å². The van der Waals surface area contributed by atoms with E-state index in [-0.39, 0.29) is 33.9 Å². The van der Waals surface area contributed by atoms with Crippen molar-refractivity contribution in [3.8, 4) is 0 Å². The standard InChI is InChI=1S/C31H29Cl2F4N3O/c1-14-7-8-20(40-30(41)26-25(31(26,6)33)19-11-15(2)27(36)22(32)12-19)13-21(14)18(5)38-24-10-9-23(35)29(28(24)37)39-17(4)16(3)34/h7-13,16,25-26,38-39H,4-5H2,1-3,6H3,(H,40,41). The number of halogens is 6. The maximum absolute atomic E-state index is 15.1. The van der Waals surface area contributed by atoms with Gasteiger partial charge >= 0.3 is 0 Å². The monoisotopic (exact) mass is 605 g/mol. The van der Waals surface area contributed by atoms with Crippen LogP contribution in [0.2, 0.25) is 5.02 Å². The SMILES string of the molecule is C=C(Nc1ccc(F)c(NC(=C)C(C)F)c1F)c1cc(NC(=O)C2C(c3cc(C)c(F)c(Cl)c3)C2(C)Cl)ccc1C. The quantitative estimate of drug-likeness (QED) is 0.168. The van der Waals surface area contributed by atoms with Crippen LogP contribution in [0.1, 0.15) is 42.0 Å². The molecule has 0 radical (unpaired) electrons. The van der Waals surface area contributed by atoms with Crippen LogP contribution in [-0.4, -0.2) is 17.0 Å². The molecule has 4 unspecified atom stereocenters. The molecule has 0 bridgehead atoms. The number of nitrogens with one attached hydrogen (secondary N) is 3. The van der Waals surface area contributed by atoms with E-state index in [1.165, 1.54) is 19.1 Å². The van der Waals surface area contributed by atoms with E-state index < -0.39 is 40.1 Å². The molecule has 1 amide bonds. The van der Waals surface area contributed by atoms with Crippen LogP contribution >= 0.6 is 23.2 Å². The molecule has 216 valence electrons. The summed E-state index contributed by atoms with van der Waals surface area (Å²) in [4.78, 5) is 12.4. The van der Waals surface area contributed by atoms with Crippen LogP contribution < -0.4 is 16.0 Å². The number of hydrogen-bond donors (Lipinski definition) is 3. The number of hydrogen-bond acceptors (Lipinski definition) is 3. The molecule has 3 N–H and O–H groups in total. The third-order valence-corrected chi connectivity index (χ3v) is 8.03. The average Bonchev–Trinajstić information content (AvgIpc) is 3.49. The fourth-order valence-corrected chi connectivity index (χ4v) is 5.53. The van der Waals surface area contributed by atoms with Gasteiger partial charge in [-0.3, -0.25) is 4.79 Å². The van der Waals surface area contributed by atoms with E-state index in [0.29, 0.717) is 22.4 Å². The Balaban J connectivity index is 1.52.